The third-order valence-corrected chi connectivity index (χ3v) is 4.61. The van der Waals surface area contributed by atoms with Gasteiger partial charge in [-0.05, 0) is 48.9 Å². The number of hydrogen-bond acceptors (Lipinski definition) is 4. The van der Waals surface area contributed by atoms with Gasteiger partial charge in [-0.3, -0.25) is 4.79 Å². The van der Waals surface area contributed by atoms with Crippen LogP contribution in [0.15, 0.2) is 40.9 Å². The SMILES string of the molecule is Cc1cc(N)c(N2CCOCC2)cc1NC(=O)c1ccc(Br)cc1. The Morgan fingerprint density at radius 2 is 1.88 bits per heavy atom. The third-order valence-electron chi connectivity index (χ3n) is 4.08. The van der Waals surface area contributed by atoms with E-state index in [1.807, 2.05) is 31.2 Å². The number of morpholine rings is 1. The second kappa shape index (κ2) is 7.23. The van der Waals surface area contributed by atoms with E-state index in [2.05, 4.69) is 26.1 Å². The summed E-state index contributed by atoms with van der Waals surface area (Å²) in [6.45, 7) is 4.92. The van der Waals surface area contributed by atoms with E-state index in [9.17, 15) is 4.79 Å². The van der Waals surface area contributed by atoms with Crippen molar-refractivity contribution in [3.8, 4) is 0 Å². The highest BCUT2D eigenvalue weighted by Crippen LogP contribution is 2.31. The highest BCUT2D eigenvalue weighted by atomic mass is 79.9. The molecule has 126 valence electrons. The molecular weight excluding hydrogens is 370 g/mol. The molecule has 0 aliphatic carbocycles. The standard InChI is InChI=1S/C18H20BrN3O2/c1-12-10-15(20)17(22-6-8-24-9-7-22)11-16(12)21-18(23)13-2-4-14(19)5-3-13/h2-5,10-11H,6-9,20H2,1H3,(H,21,23). The molecule has 0 saturated carbocycles. The van der Waals surface area contributed by atoms with Gasteiger partial charge in [0.25, 0.3) is 5.91 Å². The Balaban J connectivity index is 1.84. The number of aryl methyl sites for hydroxylation is 1. The number of amides is 1. The Kier molecular flexibility index (Phi) is 5.06. The number of nitrogens with two attached hydrogens (primary N) is 1. The lowest BCUT2D eigenvalue weighted by molar-refractivity contribution is 0.102. The van der Waals surface area contributed by atoms with Crippen molar-refractivity contribution < 1.29 is 9.53 Å². The summed E-state index contributed by atoms with van der Waals surface area (Å²) < 4.78 is 6.33. The van der Waals surface area contributed by atoms with Crippen LogP contribution in [0.1, 0.15) is 15.9 Å². The van der Waals surface area contributed by atoms with Crippen molar-refractivity contribution >= 4 is 38.9 Å². The summed E-state index contributed by atoms with van der Waals surface area (Å²) in [5.74, 6) is -0.136. The third kappa shape index (κ3) is 3.71. The molecule has 1 amide bonds. The lowest BCUT2D eigenvalue weighted by atomic mass is 10.1. The molecule has 1 aliphatic rings. The van der Waals surface area contributed by atoms with Gasteiger partial charge in [-0.2, -0.15) is 0 Å². The van der Waals surface area contributed by atoms with E-state index in [-0.39, 0.29) is 5.91 Å². The van der Waals surface area contributed by atoms with Crippen LogP contribution in [0.4, 0.5) is 17.1 Å². The minimum Gasteiger partial charge on any atom is -0.397 e. The number of carbonyl (C=O) groups excluding carboxylic acids is 1. The molecule has 0 spiro atoms. The zero-order valence-corrected chi connectivity index (χ0v) is 15.1. The molecule has 0 unspecified atom stereocenters. The minimum absolute atomic E-state index is 0.136. The molecule has 0 aromatic heterocycles. The molecule has 2 aromatic rings. The minimum atomic E-state index is -0.136. The zero-order valence-electron chi connectivity index (χ0n) is 13.5. The molecule has 1 aliphatic heterocycles. The molecule has 1 fully saturated rings. The molecule has 1 saturated heterocycles. The molecule has 1 heterocycles. The van der Waals surface area contributed by atoms with Gasteiger partial charge >= 0.3 is 0 Å². The number of nitrogens with one attached hydrogen (secondary N) is 1. The highest BCUT2D eigenvalue weighted by Gasteiger charge is 2.16. The molecule has 3 rings (SSSR count). The average Bonchev–Trinajstić information content (AvgIpc) is 2.58. The maximum Gasteiger partial charge on any atom is 0.255 e. The Morgan fingerprint density at radius 1 is 1.21 bits per heavy atom. The fraction of sp³-hybridized carbons (Fsp3) is 0.278. The van der Waals surface area contributed by atoms with Gasteiger partial charge in [0, 0.05) is 28.8 Å². The van der Waals surface area contributed by atoms with Crippen molar-refractivity contribution in [3.05, 3.63) is 52.0 Å². The van der Waals surface area contributed by atoms with E-state index < -0.39 is 0 Å². The molecular formula is C18H20BrN3O2. The fourth-order valence-electron chi connectivity index (χ4n) is 2.73. The number of carbonyl (C=O) groups is 1. The van der Waals surface area contributed by atoms with Crippen LogP contribution in [-0.2, 0) is 4.74 Å². The van der Waals surface area contributed by atoms with E-state index in [1.165, 1.54) is 0 Å². The lowest BCUT2D eigenvalue weighted by Crippen LogP contribution is -2.36. The van der Waals surface area contributed by atoms with E-state index >= 15 is 0 Å². The average molecular weight is 390 g/mol. The van der Waals surface area contributed by atoms with Crippen LogP contribution in [0.25, 0.3) is 0 Å². The largest absolute Gasteiger partial charge is 0.397 e. The van der Waals surface area contributed by atoms with Gasteiger partial charge < -0.3 is 20.7 Å². The van der Waals surface area contributed by atoms with Gasteiger partial charge in [0.2, 0.25) is 0 Å². The molecule has 0 atom stereocenters. The Hall–Kier alpha value is -2.05. The number of nitrogens with zero attached hydrogens (tertiary/aromatic N) is 1. The van der Waals surface area contributed by atoms with E-state index in [0.717, 1.165) is 40.2 Å². The summed E-state index contributed by atoms with van der Waals surface area (Å²) in [4.78, 5) is 14.6. The zero-order chi connectivity index (χ0) is 17.1. The first kappa shape index (κ1) is 16.8. The molecule has 2 aromatic carbocycles. The summed E-state index contributed by atoms with van der Waals surface area (Å²) in [5, 5.41) is 2.98. The summed E-state index contributed by atoms with van der Waals surface area (Å²) in [6.07, 6.45) is 0. The summed E-state index contributed by atoms with van der Waals surface area (Å²) >= 11 is 3.37. The van der Waals surface area contributed by atoms with Gasteiger partial charge in [0.15, 0.2) is 0 Å². The van der Waals surface area contributed by atoms with Crippen molar-refractivity contribution in [3.63, 3.8) is 0 Å². The number of nitrogen functional groups attached to an aromatic ring is 1. The van der Waals surface area contributed by atoms with Gasteiger partial charge in [0.05, 0.1) is 24.6 Å². The number of rotatable bonds is 3. The predicted molar refractivity (Wildman–Crippen MR) is 101 cm³/mol. The predicted octanol–water partition coefficient (Wildman–Crippen LogP) is 3.43. The number of halogens is 1. The van der Waals surface area contributed by atoms with Gasteiger partial charge in [-0.1, -0.05) is 15.9 Å². The smallest absolute Gasteiger partial charge is 0.255 e. The van der Waals surface area contributed by atoms with Crippen LogP contribution in [0, 0.1) is 6.92 Å². The highest BCUT2D eigenvalue weighted by molar-refractivity contribution is 9.10. The van der Waals surface area contributed by atoms with Crippen molar-refractivity contribution in [1.82, 2.24) is 0 Å². The van der Waals surface area contributed by atoms with Gasteiger partial charge in [-0.15, -0.1) is 0 Å². The Labute approximate surface area is 149 Å². The van der Waals surface area contributed by atoms with Crippen LogP contribution < -0.4 is 16.0 Å². The Morgan fingerprint density at radius 3 is 2.54 bits per heavy atom. The molecule has 6 heteroatoms. The van der Waals surface area contributed by atoms with E-state index in [4.69, 9.17) is 10.5 Å². The quantitative estimate of drug-likeness (QED) is 0.789. The van der Waals surface area contributed by atoms with Crippen molar-refractivity contribution in [2.45, 2.75) is 6.92 Å². The molecule has 3 N–H and O–H groups in total. The maximum atomic E-state index is 12.5. The van der Waals surface area contributed by atoms with Crippen molar-refractivity contribution in [1.29, 1.82) is 0 Å². The van der Waals surface area contributed by atoms with Gasteiger partial charge in [-0.25, -0.2) is 0 Å². The molecule has 24 heavy (non-hydrogen) atoms. The van der Waals surface area contributed by atoms with Crippen LogP contribution in [0.3, 0.4) is 0 Å². The topological polar surface area (TPSA) is 67.6 Å². The summed E-state index contributed by atoms with van der Waals surface area (Å²) in [5.41, 5.74) is 10.2. The second-order valence-corrected chi connectivity index (χ2v) is 6.70. The molecule has 0 radical (unpaired) electrons. The number of benzene rings is 2. The van der Waals surface area contributed by atoms with Crippen LogP contribution in [0.2, 0.25) is 0 Å². The summed E-state index contributed by atoms with van der Waals surface area (Å²) in [6, 6.07) is 11.1. The lowest BCUT2D eigenvalue weighted by Gasteiger charge is -2.30. The number of ether oxygens (including phenoxy) is 1. The number of hydrogen-bond donors (Lipinski definition) is 2. The summed E-state index contributed by atoms with van der Waals surface area (Å²) in [7, 11) is 0. The van der Waals surface area contributed by atoms with Gasteiger partial charge in [0.1, 0.15) is 0 Å². The first-order chi connectivity index (χ1) is 11.5. The first-order valence-corrected chi connectivity index (χ1v) is 8.63. The van der Waals surface area contributed by atoms with E-state index in [1.54, 1.807) is 12.1 Å². The molecule has 0 bridgehead atoms. The molecule has 5 nitrogen and oxygen atoms in total. The van der Waals surface area contributed by atoms with Crippen LogP contribution in [-0.4, -0.2) is 32.2 Å². The second-order valence-electron chi connectivity index (χ2n) is 5.79. The first-order valence-electron chi connectivity index (χ1n) is 7.84. The Bertz CT molecular complexity index is 741. The fourth-order valence-corrected chi connectivity index (χ4v) is 2.99. The number of anilines is 3. The maximum absolute atomic E-state index is 12.5. The van der Waals surface area contributed by atoms with Crippen LogP contribution in [0.5, 0.6) is 0 Å². The van der Waals surface area contributed by atoms with E-state index in [0.29, 0.717) is 18.8 Å². The van der Waals surface area contributed by atoms with Crippen molar-refractivity contribution in [2.24, 2.45) is 0 Å². The monoisotopic (exact) mass is 389 g/mol. The van der Waals surface area contributed by atoms with Crippen molar-refractivity contribution in [2.75, 3.05) is 42.3 Å². The van der Waals surface area contributed by atoms with Crippen LogP contribution >= 0.6 is 15.9 Å². The normalized spacial score (nSPS) is 14.5.